The third-order valence-corrected chi connectivity index (χ3v) is 5.73. The number of hydrogen-bond acceptors (Lipinski definition) is 4. The van der Waals surface area contributed by atoms with Crippen LogP contribution in [0.15, 0.2) is 79.0 Å². The van der Waals surface area contributed by atoms with Crippen molar-refractivity contribution < 1.29 is 14.3 Å². The van der Waals surface area contributed by atoms with Gasteiger partial charge in [-0.2, -0.15) is 0 Å². The van der Waals surface area contributed by atoms with Crippen LogP contribution in [-0.4, -0.2) is 24.0 Å². The van der Waals surface area contributed by atoms with Gasteiger partial charge in [0.15, 0.2) is 17.3 Å². The number of aromatic nitrogens is 1. The summed E-state index contributed by atoms with van der Waals surface area (Å²) < 4.78 is 11.4. The number of H-pyrrole nitrogens is 1. The zero-order valence-corrected chi connectivity index (χ0v) is 17.3. The van der Waals surface area contributed by atoms with Crippen molar-refractivity contribution in [2.24, 2.45) is 0 Å². The number of para-hydroxylation sites is 1. The fourth-order valence-corrected chi connectivity index (χ4v) is 4.08. The first-order chi connectivity index (χ1) is 15.2. The molecule has 2 atom stereocenters. The molecule has 0 bridgehead atoms. The van der Waals surface area contributed by atoms with Crippen molar-refractivity contribution in [1.82, 2.24) is 10.3 Å². The molecular weight excluding hydrogens is 388 g/mol. The van der Waals surface area contributed by atoms with Crippen LogP contribution in [0.5, 0.6) is 11.5 Å². The van der Waals surface area contributed by atoms with Gasteiger partial charge in [0.05, 0.1) is 6.04 Å². The average Bonchev–Trinajstić information content (AvgIpc) is 3.26. The number of carbonyl (C=O) groups is 1. The van der Waals surface area contributed by atoms with Gasteiger partial charge in [-0.15, -0.1) is 0 Å². The molecule has 0 saturated carbocycles. The fourth-order valence-electron chi connectivity index (χ4n) is 4.08. The first-order valence-corrected chi connectivity index (χ1v) is 10.5. The molecule has 0 saturated heterocycles. The van der Waals surface area contributed by atoms with Crippen molar-refractivity contribution in [3.05, 3.63) is 95.7 Å². The van der Waals surface area contributed by atoms with Gasteiger partial charge in [0, 0.05) is 28.7 Å². The molecule has 31 heavy (non-hydrogen) atoms. The molecular formula is C26H24N2O3. The standard InChI is InChI=1S/C26H24N2O3/c1-17(19-11-12-23-24(15-19)31-14-13-30-23)28-25(18-7-3-2-4-8-18)26(29)21-16-27-22-10-6-5-9-20(21)22/h2-12,15-17,25,27-28H,13-14H2,1H3/t17-,25+/m1/s1. The molecule has 2 heterocycles. The summed E-state index contributed by atoms with van der Waals surface area (Å²) >= 11 is 0. The van der Waals surface area contributed by atoms with E-state index >= 15 is 0 Å². The summed E-state index contributed by atoms with van der Waals surface area (Å²) in [6.07, 6.45) is 1.80. The normalized spacial score (nSPS) is 14.9. The maximum absolute atomic E-state index is 13.7. The first-order valence-electron chi connectivity index (χ1n) is 10.5. The summed E-state index contributed by atoms with van der Waals surface area (Å²) in [6.45, 7) is 3.17. The lowest BCUT2D eigenvalue weighted by molar-refractivity contribution is 0.0938. The van der Waals surface area contributed by atoms with Gasteiger partial charge in [-0.1, -0.05) is 54.6 Å². The van der Waals surface area contributed by atoms with Gasteiger partial charge in [0.1, 0.15) is 13.2 Å². The molecule has 0 aliphatic carbocycles. The van der Waals surface area contributed by atoms with Crippen molar-refractivity contribution >= 4 is 16.7 Å². The summed E-state index contributed by atoms with van der Waals surface area (Å²) in [5, 5.41) is 4.48. The highest BCUT2D eigenvalue weighted by Crippen LogP contribution is 2.34. The predicted octanol–water partition coefficient (Wildman–Crippen LogP) is 5.21. The van der Waals surface area contributed by atoms with E-state index in [1.165, 1.54) is 0 Å². The van der Waals surface area contributed by atoms with Crippen molar-refractivity contribution in [2.75, 3.05) is 13.2 Å². The van der Waals surface area contributed by atoms with Crippen LogP contribution in [0.1, 0.15) is 40.5 Å². The van der Waals surface area contributed by atoms with Gasteiger partial charge in [-0.3, -0.25) is 10.1 Å². The summed E-state index contributed by atoms with van der Waals surface area (Å²) in [6, 6.07) is 23.1. The third-order valence-electron chi connectivity index (χ3n) is 5.73. The lowest BCUT2D eigenvalue weighted by Crippen LogP contribution is -2.31. The van der Waals surface area contributed by atoms with Gasteiger partial charge < -0.3 is 14.5 Å². The van der Waals surface area contributed by atoms with E-state index in [4.69, 9.17) is 9.47 Å². The minimum absolute atomic E-state index is 0.0352. The van der Waals surface area contributed by atoms with Crippen LogP contribution in [-0.2, 0) is 0 Å². The van der Waals surface area contributed by atoms with E-state index in [1.54, 1.807) is 6.20 Å². The number of aromatic amines is 1. The molecule has 3 aromatic carbocycles. The second kappa shape index (κ2) is 8.28. The molecule has 1 aliphatic rings. The van der Waals surface area contributed by atoms with E-state index in [0.29, 0.717) is 18.8 Å². The van der Waals surface area contributed by atoms with Crippen LogP contribution >= 0.6 is 0 Å². The van der Waals surface area contributed by atoms with Gasteiger partial charge in [0.2, 0.25) is 0 Å². The molecule has 156 valence electrons. The van der Waals surface area contributed by atoms with E-state index < -0.39 is 6.04 Å². The molecule has 0 amide bonds. The van der Waals surface area contributed by atoms with Crippen LogP contribution < -0.4 is 14.8 Å². The van der Waals surface area contributed by atoms with Crippen LogP contribution in [0.25, 0.3) is 10.9 Å². The molecule has 1 aromatic heterocycles. The Balaban J connectivity index is 1.48. The molecule has 0 fully saturated rings. The number of ketones is 1. The Labute approximate surface area is 181 Å². The van der Waals surface area contributed by atoms with Crippen molar-refractivity contribution in [2.45, 2.75) is 19.0 Å². The highest BCUT2D eigenvalue weighted by molar-refractivity contribution is 6.10. The number of nitrogens with one attached hydrogen (secondary N) is 2. The Morgan fingerprint density at radius 1 is 0.903 bits per heavy atom. The van der Waals surface area contributed by atoms with Gasteiger partial charge in [-0.25, -0.2) is 0 Å². The van der Waals surface area contributed by atoms with E-state index in [2.05, 4.69) is 17.2 Å². The largest absolute Gasteiger partial charge is 0.486 e. The van der Waals surface area contributed by atoms with E-state index in [9.17, 15) is 4.79 Å². The predicted molar refractivity (Wildman–Crippen MR) is 121 cm³/mol. The minimum Gasteiger partial charge on any atom is -0.486 e. The molecule has 5 heteroatoms. The Kier molecular flexibility index (Phi) is 5.18. The highest BCUT2D eigenvalue weighted by atomic mass is 16.6. The molecule has 0 radical (unpaired) electrons. The van der Waals surface area contributed by atoms with Crippen molar-refractivity contribution in [3.63, 3.8) is 0 Å². The molecule has 5 rings (SSSR count). The monoisotopic (exact) mass is 412 g/mol. The van der Waals surface area contributed by atoms with Crippen LogP contribution in [0.4, 0.5) is 0 Å². The number of benzene rings is 3. The Bertz CT molecular complexity index is 1220. The summed E-state index contributed by atoms with van der Waals surface area (Å²) in [5.41, 5.74) is 3.61. The number of ether oxygens (including phenoxy) is 2. The number of fused-ring (bicyclic) bond motifs is 2. The number of hydrogen-bond donors (Lipinski definition) is 2. The maximum Gasteiger partial charge on any atom is 0.186 e. The van der Waals surface area contributed by atoms with Crippen LogP contribution in [0.2, 0.25) is 0 Å². The Morgan fingerprint density at radius 3 is 2.48 bits per heavy atom. The smallest absolute Gasteiger partial charge is 0.186 e. The topological polar surface area (TPSA) is 63.4 Å². The lowest BCUT2D eigenvalue weighted by atomic mass is 9.95. The molecule has 0 unspecified atom stereocenters. The molecule has 2 N–H and O–H groups in total. The average molecular weight is 412 g/mol. The first kappa shape index (κ1) is 19.4. The lowest BCUT2D eigenvalue weighted by Gasteiger charge is -2.25. The van der Waals surface area contributed by atoms with Crippen molar-refractivity contribution in [1.29, 1.82) is 0 Å². The Hall–Kier alpha value is -3.57. The van der Waals surface area contributed by atoms with Gasteiger partial charge in [-0.05, 0) is 36.2 Å². The number of rotatable bonds is 6. The van der Waals surface area contributed by atoms with Crippen LogP contribution in [0.3, 0.4) is 0 Å². The maximum atomic E-state index is 13.7. The van der Waals surface area contributed by atoms with E-state index in [1.807, 2.05) is 72.8 Å². The molecule has 5 nitrogen and oxygen atoms in total. The second-order valence-electron chi connectivity index (χ2n) is 7.75. The summed E-state index contributed by atoms with van der Waals surface area (Å²) in [5.74, 6) is 1.54. The minimum atomic E-state index is -0.483. The zero-order chi connectivity index (χ0) is 21.2. The number of Topliss-reactive ketones (excluding diaryl/α,β-unsaturated/α-hetero) is 1. The van der Waals surface area contributed by atoms with Crippen molar-refractivity contribution in [3.8, 4) is 11.5 Å². The molecule has 1 aliphatic heterocycles. The molecule has 0 spiro atoms. The molecule has 4 aromatic rings. The number of carbonyl (C=O) groups excluding carboxylic acids is 1. The van der Waals surface area contributed by atoms with Gasteiger partial charge >= 0.3 is 0 Å². The highest BCUT2D eigenvalue weighted by Gasteiger charge is 2.26. The van der Waals surface area contributed by atoms with E-state index in [-0.39, 0.29) is 11.8 Å². The Morgan fingerprint density at radius 2 is 1.65 bits per heavy atom. The summed E-state index contributed by atoms with van der Waals surface area (Å²) in [4.78, 5) is 16.9. The second-order valence-corrected chi connectivity index (χ2v) is 7.75. The summed E-state index contributed by atoms with van der Waals surface area (Å²) in [7, 11) is 0. The van der Waals surface area contributed by atoms with Gasteiger partial charge in [0.25, 0.3) is 0 Å². The fraction of sp³-hybridized carbons (Fsp3) is 0.192. The van der Waals surface area contributed by atoms with E-state index in [0.717, 1.165) is 33.5 Å². The zero-order valence-electron chi connectivity index (χ0n) is 17.3. The SMILES string of the molecule is C[C@@H](N[C@H](C(=O)c1c[nH]c2ccccc12)c1ccccc1)c1ccc2c(c1)OCCO2. The van der Waals surface area contributed by atoms with Crippen LogP contribution in [0, 0.1) is 0 Å². The quantitative estimate of drug-likeness (QED) is 0.427. The third kappa shape index (κ3) is 3.80.